The van der Waals surface area contributed by atoms with Crippen LogP contribution in [0, 0.1) is 0 Å². The minimum Gasteiger partial charge on any atom is -0.511 e. The van der Waals surface area contributed by atoms with Crippen LogP contribution in [0.15, 0.2) is 0 Å². The fourth-order valence-electron chi connectivity index (χ4n) is 0.411. The van der Waals surface area contributed by atoms with Crippen molar-refractivity contribution in [3.8, 4) is 0 Å². The van der Waals surface area contributed by atoms with E-state index >= 15 is 0 Å². The lowest BCUT2D eigenvalue weighted by Gasteiger charge is -2.08. The molecular formula is C4H10O4Si. The molecule has 0 amide bonds. The van der Waals surface area contributed by atoms with E-state index in [0.717, 1.165) is 0 Å². The average molecular weight is 150 g/mol. The molecule has 0 aromatic carbocycles. The molecule has 0 saturated carbocycles. The first-order chi connectivity index (χ1) is 4.16. The maximum Gasteiger partial charge on any atom is 0.766 e. The van der Waals surface area contributed by atoms with Crippen LogP contribution in [0.4, 0.5) is 0 Å². The lowest BCUT2D eigenvalue weighted by Crippen LogP contribution is -2.18. The van der Waals surface area contributed by atoms with Gasteiger partial charge in [-0.25, -0.2) is 0 Å². The monoisotopic (exact) mass is 150 g/mol. The molecule has 0 radical (unpaired) electrons. The van der Waals surface area contributed by atoms with Gasteiger partial charge in [0.05, 0.1) is 0 Å². The summed E-state index contributed by atoms with van der Waals surface area (Å²) in [7, 11) is -2.83. The highest BCUT2D eigenvalue weighted by atomic mass is 28.3. The van der Waals surface area contributed by atoms with Crippen molar-refractivity contribution >= 4 is 9.17 Å². The normalized spacial score (nSPS) is 12.7. The van der Waals surface area contributed by atoms with Gasteiger partial charge in [-0.05, 0) is 13.8 Å². The molecule has 0 saturated heterocycles. The highest BCUT2D eigenvalue weighted by Gasteiger charge is 2.09. The number of hydrogen-bond acceptors (Lipinski definition) is 3. The van der Waals surface area contributed by atoms with Crippen LogP contribution >= 0.6 is 0 Å². The molecule has 4 nitrogen and oxygen atoms in total. The van der Waals surface area contributed by atoms with E-state index in [2.05, 4.69) is 4.43 Å². The van der Waals surface area contributed by atoms with Gasteiger partial charge in [0.15, 0.2) is 6.29 Å². The molecular weight excluding hydrogens is 140 g/mol. The largest absolute Gasteiger partial charge is 0.766 e. The Balaban J connectivity index is 3.26. The van der Waals surface area contributed by atoms with Gasteiger partial charge < -0.3 is 14.0 Å². The van der Waals surface area contributed by atoms with E-state index in [4.69, 9.17) is 9.53 Å². The molecule has 9 heavy (non-hydrogen) atoms. The SMILES string of the molecule is CCOC(C)O[Si](=O)O. The maximum atomic E-state index is 9.97. The Morgan fingerprint density at radius 3 is 2.67 bits per heavy atom. The van der Waals surface area contributed by atoms with Crippen LogP contribution < -0.4 is 0 Å². The number of ether oxygens (including phenoxy) is 1. The molecule has 0 aliphatic carbocycles. The van der Waals surface area contributed by atoms with Crippen LogP contribution in [0.5, 0.6) is 0 Å². The highest BCUT2D eigenvalue weighted by molar-refractivity contribution is 6.24. The fraction of sp³-hybridized carbons (Fsp3) is 1.00. The molecule has 0 aromatic heterocycles. The van der Waals surface area contributed by atoms with Gasteiger partial charge in [0, 0.05) is 6.61 Å². The molecule has 1 N–H and O–H groups in total. The molecule has 0 rings (SSSR count). The lowest BCUT2D eigenvalue weighted by molar-refractivity contribution is -0.0756. The molecule has 1 atom stereocenters. The van der Waals surface area contributed by atoms with E-state index in [-0.39, 0.29) is 0 Å². The summed E-state index contributed by atoms with van der Waals surface area (Å²) in [4.78, 5) is 8.19. The molecule has 0 aromatic rings. The standard InChI is InChI=1S/C4H10O4Si/c1-3-7-4(2)8-9(5)6/h4-5H,3H2,1-2H3. The van der Waals surface area contributed by atoms with Gasteiger partial charge in [-0.2, -0.15) is 0 Å². The van der Waals surface area contributed by atoms with Gasteiger partial charge in [-0.3, -0.25) is 4.46 Å². The Morgan fingerprint density at radius 2 is 2.33 bits per heavy atom. The molecule has 0 bridgehead atoms. The van der Waals surface area contributed by atoms with Crippen LogP contribution in [0.1, 0.15) is 13.8 Å². The second kappa shape index (κ2) is 4.46. The van der Waals surface area contributed by atoms with Gasteiger partial charge in [-0.1, -0.05) is 0 Å². The molecule has 0 aliphatic rings. The second-order valence-corrected chi connectivity index (χ2v) is 2.17. The third kappa shape index (κ3) is 5.45. The third-order valence-corrected chi connectivity index (χ3v) is 1.20. The van der Waals surface area contributed by atoms with E-state index in [1.165, 1.54) is 0 Å². The molecule has 0 spiro atoms. The molecule has 0 heterocycles. The van der Waals surface area contributed by atoms with Crippen molar-refractivity contribution in [3.63, 3.8) is 0 Å². The van der Waals surface area contributed by atoms with Gasteiger partial charge >= 0.3 is 9.17 Å². The quantitative estimate of drug-likeness (QED) is 0.445. The van der Waals surface area contributed by atoms with Crippen molar-refractivity contribution in [2.24, 2.45) is 0 Å². The van der Waals surface area contributed by atoms with Crippen molar-refractivity contribution in [2.45, 2.75) is 20.1 Å². The summed E-state index contributed by atoms with van der Waals surface area (Å²) in [6, 6.07) is 0. The zero-order valence-corrected chi connectivity index (χ0v) is 6.46. The van der Waals surface area contributed by atoms with E-state index in [0.29, 0.717) is 6.61 Å². The molecule has 5 heteroatoms. The van der Waals surface area contributed by atoms with Gasteiger partial charge in [-0.15, -0.1) is 0 Å². The summed E-state index contributed by atoms with van der Waals surface area (Å²) in [5.41, 5.74) is 0. The minimum absolute atomic E-state index is 0.482. The van der Waals surface area contributed by atoms with Crippen molar-refractivity contribution < 1.29 is 18.4 Å². The first-order valence-electron chi connectivity index (χ1n) is 2.68. The third-order valence-electron chi connectivity index (χ3n) is 0.668. The van der Waals surface area contributed by atoms with E-state index in [9.17, 15) is 4.46 Å². The first kappa shape index (κ1) is 8.58. The lowest BCUT2D eigenvalue weighted by atomic mass is 10.7. The van der Waals surface area contributed by atoms with Crippen molar-refractivity contribution in [2.75, 3.05) is 6.61 Å². The second-order valence-electron chi connectivity index (χ2n) is 1.41. The van der Waals surface area contributed by atoms with Crippen LogP contribution in [-0.2, 0) is 13.6 Å². The molecule has 1 unspecified atom stereocenters. The summed E-state index contributed by atoms with van der Waals surface area (Å²) in [6.45, 7) is 3.84. The van der Waals surface area contributed by atoms with E-state index in [1.54, 1.807) is 13.8 Å². The summed E-state index contributed by atoms with van der Waals surface area (Å²) in [5, 5.41) is 0. The minimum atomic E-state index is -2.83. The van der Waals surface area contributed by atoms with E-state index in [1.807, 2.05) is 0 Å². The van der Waals surface area contributed by atoms with Crippen LogP contribution in [0.25, 0.3) is 0 Å². The predicted octanol–water partition coefficient (Wildman–Crippen LogP) is -0.207. The van der Waals surface area contributed by atoms with Gasteiger partial charge in [0.2, 0.25) is 0 Å². The Labute approximate surface area is 55.3 Å². The Hall–Kier alpha value is -0.423. The van der Waals surface area contributed by atoms with Gasteiger partial charge in [0.25, 0.3) is 0 Å². The first-order valence-corrected chi connectivity index (χ1v) is 3.94. The number of hydrogen-bond donors (Lipinski definition) is 1. The maximum absolute atomic E-state index is 9.97. The van der Waals surface area contributed by atoms with E-state index < -0.39 is 15.5 Å². The van der Waals surface area contributed by atoms with Crippen molar-refractivity contribution in [1.82, 2.24) is 0 Å². The summed E-state index contributed by atoms with van der Waals surface area (Å²) in [6.07, 6.45) is -0.577. The van der Waals surface area contributed by atoms with Crippen LogP contribution in [-0.4, -0.2) is 26.9 Å². The smallest absolute Gasteiger partial charge is 0.511 e. The van der Waals surface area contributed by atoms with Crippen molar-refractivity contribution in [3.05, 3.63) is 0 Å². The Bertz CT molecular complexity index is 94.6. The number of rotatable bonds is 4. The highest BCUT2D eigenvalue weighted by Crippen LogP contribution is 1.90. The summed E-state index contributed by atoms with van der Waals surface area (Å²) < 4.78 is 19.1. The predicted molar refractivity (Wildman–Crippen MR) is 30.8 cm³/mol. The van der Waals surface area contributed by atoms with Gasteiger partial charge in [0.1, 0.15) is 0 Å². The zero-order valence-electron chi connectivity index (χ0n) is 5.46. The molecule has 54 valence electrons. The molecule has 0 aliphatic heterocycles. The fourth-order valence-corrected chi connectivity index (χ4v) is 0.763. The molecule has 0 fully saturated rings. The van der Waals surface area contributed by atoms with Crippen LogP contribution in [0.3, 0.4) is 0 Å². The summed E-state index contributed by atoms with van der Waals surface area (Å²) >= 11 is 0. The Kier molecular flexibility index (Phi) is 4.25. The average Bonchev–Trinajstić information content (AvgIpc) is 1.63. The topological polar surface area (TPSA) is 55.8 Å². The van der Waals surface area contributed by atoms with Crippen molar-refractivity contribution in [1.29, 1.82) is 0 Å². The Morgan fingerprint density at radius 1 is 1.78 bits per heavy atom. The zero-order chi connectivity index (χ0) is 7.28. The van der Waals surface area contributed by atoms with Crippen LogP contribution in [0.2, 0.25) is 0 Å². The summed E-state index contributed by atoms with van der Waals surface area (Å²) in [5.74, 6) is 0.